The first-order valence-corrected chi connectivity index (χ1v) is 10.2. The monoisotopic (exact) mass is 393 g/mol. The van der Waals surface area contributed by atoms with Crippen LogP contribution < -0.4 is 0 Å². The molecule has 152 valence electrons. The Bertz CT molecular complexity index is 966. The average molecular weight is 393 g/mol. The molecular formula is C22H27N5O2. The molecule has 1 aliphatic heterocycles. The first-order chi connectivity index (χ1) is 14.2. The Morgan fingerprint density at radius 1 is 1.28 bits per heavy atom. The van der Waals surface area contributed by atoms with E-state index >= 15 is 0 Å². The molecule has 4 rings (SSSR count). The summed E-state index contributed by atoms with van der Waals surface area (Å²) in [5.74, 6) is 1.60. The van der Waals surface area contributed by atoms with Crippen molar-refractivity contribution >= 4 is 17.1 Å². The minimum absolute atomic E-state index is 0.140. The quantitative estimate of drug-likeness (QED) is 0.588. The normalized spacial score (nSPS) is 15.4. The fourth-order valence-corrected chi connectivity index (χ4v) is 4.00. The molecule has 1 atom stereocenters. The van der Waals surface area contributed by atoms with Crippen LogP contribution in [-0.2, 0) is 16.0 Å². The van der Waals surface area contributed by atoms with Crippen molar-refractivity contribution in [1.82, 2.24) is 24.4 Å². The number of pyridine rings is 2. The average Bonchev–Trinajstić information content (AvgIpc) is 3.06. The number of ether oxygens (including phenoxy) is 1. The highest BCUT2D eigenvalue weighted by Gasteiger charge is 2.31. The van der Waals surface area contributed by atoms with E-state index in [4.69, 9.17) is 9.72 Å². The zero-order chi connectivity index (χ0) is 20.2. The van der Waals surface area contributed by atoms with Crippen molar-refractivity contribution in [2.45, 2.75) is 38.1 Å². The Kier molecular flexibility index (Phi) is 5.85. The maximum absolute atomic E-state index is 12.5. The van der Waals surface area contributed by atoms with Gasteiger partial charge in [0, 0.05) is 57.5 Å². The molecule has 0 aliphatic carbocycles. The van der Waals surface area contributed by atoms with Crippen molar-refractivity contribution in [3.05, 3.63) is 54.2 Å². The lowest BCUT2D eigenvalue weighted by molar-refractivity contribution is -0.135. The molecule has 7 nitrogen and oxygen atoms in total. The predicted molar refractivity (Wildman–Crippen MR) is 111 cm³/mol. The third-order valence-electron chi connectivity index (χ3n) is 5.55. The number of hydrogen-bond donors (Lipinski definition) is 0. The number of aromatic nitrogens is 4. The van der Waals surface area contributed by atoms with Gasteiger partial charge in [0.1, 0.15) is 11.3 Å². The van der Waals surface area contributed by atoms with E-state index in [0.29, 0.717) is 18.9 Å². The van der Waals surface area contributed by atoms with Gasteiger partial charge in [0.05, 0.1) is 12.6 Å². The van der Waals surface area contributed by atoms with Gasteiger partial charge in [0.25, 0.3) is 0 Å². The molecule has 1 saturated heterocycles. The van der Waals surface area contributed by atoms with Crippen molar-refractivity contribution < 1.29 is 9.53 Å². The van der Waals surface area contributed by atoms with E-state index in [9.17, 15) is 4.79 Å². The highest BCUT2D eigenvalue weighted by Crippen LogP contribution is 2.27. The Morgan fingerprint density at radius 2 is 2.10 bits per heavy atom. The number of imidazole rings is 1. The van der Waals surface area contributed by atoms with Gasteiger partial charge in [-0.3, -0.25) is 9.78 Å². The Morgan fingerprint density at radius 3 is 2.86 bits per heavy atom. The summed E-state index contributed by atoms with van der Waals surface area (Å²) in [6.07, 6.45) is 7.52. The molecule has 1 amide bonds. The third-order valence-corrected chi connectivity index (χ3v) is 5.55. The largest absolute Gasteiger partial charge is 0.383 e. The van der Waals surface area contributed by atoms with Gasteiger partial charge in [-0.25, -0.2) is 9.97 Å². The fourth-order valence-electron chi connectivity index (χ4n) is 4.00. The number of carbonyl (C=O) groups is 1. The second kappa shape index (κ2) is 8.69. The van der Waals surface area contributed by atoms with Crippen LogP contribution in [0, 0.1) is 0 Å². The molecule has 0 N–H and O–H groups in total. The van der Waals surface area contributed by atoms with Crippen LogP contribution in [0.4, 0.5) is 0 Å². The lowest BCUT2D eigenvalue weighted by atomic mass is 9.92. The summed E-state index contributed by atoms with van der Waals surface area (Å²) in [6.45, 7) is 4.28. The summed E-state index contributed by atoms with van der Waals surface area (Å²) >= 11 is 0. The summed E-state index contributed by atoms with van der Waals surface area (Å²) in [4.78, 5) is 27.9. The van der Waals surface area contributed by atoms with Crippen LogP contribution in [-0.4, -0.2) is 57.1 Å². The van der Waals surface area contributed by atoms with Crippen molar-refractivity contribution in [2.75, 3.05) is 26.8 Å². The van der Waals surface area contributed by atoms with Crippen LogP contribution in [0.2, 0.25) is 0 Å². The van der Waals surface area contributed by atoms with E-state index in [1.807, 2.05) is 29.3 Å². The number of fused-ring (bicyclic) bond motifs is 1. The number of aryl methyl sites for hydroxylation is 1. The number of likely N-dealkylation sites (tertiary alicyclic amines) is 1. The van der Waals surface area contributed by atoms with Gasteiger partial charge >= 0.3 is 0 Å². The maximum atomic E-state index is 12.5. The molecule has 3 aromatic heterocycles. The number of rotatable bonds is 8. The van der Waals surface area contributed by atoms with Crippen molar-refractivity contribution in [2.24, 2.45) is 0 Å². The molecule has 4 heterocycles. The van der Waals surface area contributed by atoms with Gasteiger partial charge in [0.2, 0.25) is 5.91 Å². The molecule has 0 spiro atoms. The SMILES string of the molecule is COC[C@H](C)n1c(CCCC(=O)N2CC(c3cccnc3)C2)nc2cccnc21. The van der Waals surface area contributed by atoms with Crippen LogP contribution in [0.15, 0.2) is 42.9 Å². The van der Waals surface area contributed by atoms with E-state index in [-0.39, 0.29) is 11.9 Å². The summed E-state index contributed by atoms with van der Waals surface area (Å²) < 4.78 is 7.48. The highest BCUT2D eigenvalue weighted by atomic mass is 16.5. The third kappa shape index (κ3) is 4.15. The van der Waals surface area contributed by atoms with Crippen molar-refractivity contribution in [3.63, 3.8) is 0 Å². The number of hydrogen-bond acceptors (Lipinski definition) is 5. The number of methoxy groups -OCH3 is 1. The first-order valence-electron chi connectivity index (χ1n) is 10.2. The smallest absolute Gasteiger partial charge is 0.222 e. The summed E-state index contributed by atoms with van der Waals surface area (Å²) in [7, 11) is 1.70. The van der Waals surface area contributed by atoms with Crippen LogP contribution >= 0.6 is 0 Å². The number of carbonyl (C=O) groups excluding carboxylic acids is 1. The molecule has 1 aliphatic rings. The van der Waals surface area contributed by atoms with E-state index in [0.717, 1.165) is 42.9 Å². The number of amides is 1. The summed E-state index contributed by atoms with van der Waals surface area (Å²) in [6, 6.07) is 8.05. The van der Waals surface area contributed by atoms with Gasteiger partial charge < -0.3 is 14.2 Å². The lowest BCUT2D eigenvalue weighted by Crippen LogP contribution is -2.48. The molecule has 29 heavy (non-hydrogen) atoms. The maximum Gasteiger partial charge on any atom is 0.222 e. The Hall–Kier alpha value is -2.80. The molecular weight excluding hydrogens is 366 g/mol. The van der Waals surface area contributed by atoms with Crippen molar-refractivity contribution in [1.29, 1.82) is 0 Å². The molecule has 0 unspecified atom stereocenters. The summed E-state index contributed by atoms with van der Waals surface area (Å²) in [5.41, 5.74) is 2.98. The first kappa shape index (κ1) is 19.5. The van der Waals surface area contributed by atoms with E-state index in [2.05, 4.69) is 27.5 Å². The number of nitrogens with zero attached hydrogens (tertiary/aromatic N) is 5. The van der Waals surface area contributed by atoms with Gasteiger partial charge in [-0.15, -0.1) is 0 Å². The molecule has 0 saturated carbocycles. The van der Waals surface area contributed by atoms with Crippen LogP contribution in [0.3, 0.4) is 0 Å². The highest BCUT2D eigenvalue weighted by molar-refractivity contribution is 5.77. The van der Waals surface area contributed by atoms with Gasteiger partial charge in [-0.2, -0.15) is 0 Å². The minimum atomic E-state index is 0.140. The predicted octanol–water partition coefficient (Wildman–Crippen LogP) is 2.98. The van der Waals surface area contributed by atoms with E-state index in [1.54, 1.807) is 19.5 Å². The summed E-state index contributed by atoms with van der Waals surface area (Å²) in [5, 5.41) is 0. The minimum Gasteiger partial charge on any atom is -0.383 e. The molecule has 0 bridgehead atoms. The lowest BCUT2D eigenvalue weighted by Gasteiger charge is -2.39. The molecule has 3 aromatic rings. The van der Waals surface area contributed by atoms with Gasteiger partial charge in [-0.05, 0) is 37.1 Å². The second-order valence-corrected chi connectivity index (χ2v) is 7.68. The molecule has 0 radical (unpaired) electrons. The Balaban J connectivity index is 1.34. The fraction of sp³-hybridized carbons (Fsp3) is 0.455. The van der Waals surface area contributed by atoms with E-state index < -0.39 is 0 Å². The van der Waals surface area contributed by atoms with Crippen molar-refractivity contribution in [3.8, 4) is 0 Å². The van der Waals surface area contributed by atoms with E-state index in [1.165, 1.54) is 5.56 Å². The second-order valence-electron chi connectivity index (χ2n) is 7.68. The molecule has 0 aromatic carbocycles. The van der Waals surface area contributed by atoms with Gasteiger partial charge in [0.15, 0.2) is 5.65 Å². The molecule has 1 fully saturated rings. The van der Waals surface area contributed by atoms with Crippen LogP contribution in [0.5, 0.6) is 0 Å². The zero-order valence-corrected chi connectivity index (χ0v) is 17.0. The zero-order valence-electron chi connectivity index (χ0n) is 17.0. The van der Waals surface area contributed by atoms with Crippen LogP contribution in [0.25, 0.3) is 11.2 Å². The van der Waals surface area contributed by atoms with Gasteiger partial charge in [-0.1, -0.05) is 6.07 Å². The topological polar surface area (TPSA) is 73.1 Å². The Labute approximate surface area is 170 Å². The standard InChI is InChI=1S/C22H27N5O2/c1-16(15-29-2)27-20(25-19-7-5-11-24-22(19)27)8-3-9-21(28)26-13-18(14-26)17-6-4-10-23-12-17/h4-7,10-12,16,18H,3,8-9,13-15H2,1-2H3/t16-/m0/s1. The van der Waals surface area contributed by atoms with Crippen LogP contribution in [0.1, 0.15) is 43.1 Å². The molecule has 7 heteroatoms.